The van der Waals surface area contributed by atoms with Crippen molar-refractivity contribution in [2.45, 2.75) is 77.3 Å². The van der Waals surface area contributed by atoms with Crippen molar-refractivity contribution in [1.29, 1.82) is 0 Å². The molecule has 4 unspecified atom stereocenters. The Morgan fingerprint density at radius 2 is 1.88 bits per heavy atom. The SMILES string of the molecule is CCCCCN(Cc1ccc(OC)cc1)C12CC(C)CC3(CC3C1)C2. The van der Waals surface area contributed by atoms with E-state index in [-0.39, 0.29) is 0 Å². The Kier molecular flexibility index (Phi) is 4.60. The Morgan fingerprint density at radius 3 is 2.60 bits per heavy atom. The van der Waals surface area contributed by atoms with Gasteiger partial charge in [0.15, 0.2) is 0 Å². The van der Waals surface area contributed by atoms with Crippen LogP contribution in [-0.2, 0) is 6.54 Å². The summed E-state index contributed by atoms with van der Waals surface area (Å²) < 4.78 is 5.34. The van der Waals surface area contributed by atoms with E-state index < -0.39 is 0 Å². The van der Waals surface area contributed by atoms with Crippen LogP contribution in [0.15, 0.2) is 24.3 Å². The number of hydrogen-bond donors (Lipinski definition) is 0. The van der Waals surface area contributed by atoms with E-state index in [1.165, 1.54) is 63.5 Å². The average Bonchev–Trinajstić information content (AvgIpc) is 3.16. The Morgan fingerprint density at radius 1 is 1.08 bits per heavy atom. The number of methoxy groups -OCH3 is 1. The number of fused-ring (bicyclic) bond motifs is 1. The summed E-state index contributed by atoms with van der Waals surface area (Å²) in [4.78, 5) is 2.90. The highest BCUT2D eigenvalue weighted by atomic mass is 16.5. The Labute approximate surface area is 153 Å². The third kappa shape index (κ3) is 3.23. The molecule has 4 atom stereocenters. The Hall–Kier alpha value is -1.02. The van der Waals surface area contributed by atoms with Crippen molar-refractivity contribution in [1.82, 2.24) is 4.90 Å². The van der Waals surface area contributed by atoms with Gasteiger partial charge in [0, 0.05) is 12.1 Å². The quantitative estimate of drug-likeness (QED) is 0.566. The minimum Gasteiger partial charge on any atom is -0.497 e. The minimum atomic E-state index is 0.494. The van der Waals surface area contributed by atoms with Crippen LogP contribution < -0.4 is 4.74 Å². The lowest BCUT2D eigenvalue weighted by Crippen LogP contribution is -2.51. The zero-order chi connectivity index (χ0) is 17.5. The Bertz CT molecular complexity index is 593. The molecular weight excluding hydrogens is 306 g/mol. The smallest absolute Gasteiger partial charge is 0.118 e. The van der Waals surface area contributed by atoms with E-state index in [1.807, 2.05) is 0 Å². The summed E-state index contributed by atoms with van der Waals surface area (Å²) >= 11 is 0. The summed E-state index contributed by atoms with van der Waals surface area (Å²) in [6, 6.07) is 8.77. The van der Waals surface area contributed by atoms with E-state index in [4.69, 9.17) is 4.74 Å². The van der Waals surface area contributed by atoms with Crippen molar-refractivity contribution in [3.05, 3.63) is 29.8 Å². The fourth-order valence-corrected chi connectivity index (χ4v) is 6.37. The summed E-state index contributed by atoms with van der Waals surface area (Å²) in [6.45, 7) is 7.21. The van der Waals surface area contributed by atoms with Crippen LogP contribution in [-0.4, -0.2) is 24.1 Å². The minimum absolute atomic E-state index is 0.494. The van der Waals surface area contributed by atoms with Gasteiger partial charge < -0.3 is 4.74 Å². The van der Waals surface area contributed by atoms with E-state index in [2.05, 4.69) is 43.0 Å². The van der Waals surface area contributed by atoms with Crippen LogP contribution in [0.25, 0.3) is 0 Å². The molecule has 0 N–H and O–H groups in total. The normalized spacial score (nSPS) is 35.7. The van der Waals surface area contributed by atoms with Gasteiger partial charge in [-0.1, -0.05) is 38.8 Å². The van der Waals surface area contributed by atoms with Crippen LogP contribution in [0.5, 0.6) is 5.75 Å². The highest BCUT2D eigenvalue weighted by molar-refractivity contribution is 5.28. The summed E-state index contributed by atoms with van der Waals surface area (Å²) in [5.41, 5.74) is 2.69. The van der Waals surface area contributed by atoms with E-state index in [1.54, 1.807) is 7.11 Å². The van der Waals surface area contributed by atoms with E-state index in [0.717, 1.165) is 29.5 Å². The fourth-order valence-electron chi connectivity index (χ4n) is 6.37. The molecule has 138 valence electrons. The maximum Gasteiger partial charge on any atom is 0.118 e. The highest BCUT2D eigenvalue weighted by Crippen LogP contribution is 2.74. The molecule has 3 fully saturated rings. The van der Waals surface area contributed by atoms with E-state index in [9.17, 15) is 0 Å². The van der Waals surface area contributed by atoms with Gasteiger partial charge in [-0.15, -0.1) is 0 Å². The summed E-state index contributed by atoms with van der Waals surface area (Å²) in [5, 5.41) is 0. The van der Waals surface area contributed by atoms with Gasteiger partial charge in [-0.05, 0) is 80.0 Å². The average molecular weight is 342 g/mol. The zero-order valence-corrected chi connectivity index (χ0v) is 16.4. The first kappa shape index (κ1) is 17.4. The molecule has 0 heterocycles. The van der Waals surface area contributed by atoms with Crippen LogP contribution >= 0.6 is 0 Å². The van der Waals surface area contributed by atoms with Crippen LogP contribution in [0.2, 0.25) is 0 Å². The predicted octanol–water partition coefficient (Wildman–Crippen LogP) is 5.66. The van der Waals surface area contributed by atoms with Crippen LogP contribution in [0.3, 0.4) is 0 Å². The van der Waals surface area contributed by atoms with Crippen molar-refractivity contribution in [2.75, 3.05) is 13.7 Å². The number of nitrogens with zero attached hydrogens (tertiary/aromatic N) is 1. The molecule has 1 spiro atoms. The van der Waals surface area contributed by atoms with Crippen LogP contribution in [0, 0.1) is 17.3 Å². The molecule has 0 saturated heterocycles. The highest BCUT2D eigenvalue weighted by Gasteiger charge is 2.68. The van der Waals surface area contributed by atoms with Gasteiger partial charge in [0.25, 0.3) is 0 Å². The van der Waals surface area contributed by atoms with Gasteiger partial charge in [-0.25, -0.2) is 0 Å². The first-order valence-electron chi connectivity index (χ1n) is 10.5. The molecule has 3 aliphatic carbocycles. The van der Waals surface area contributed by atoms with Crippen molar-refractivity contribution in [2.24, 2.45) is 17.3 Å². The third-order valence-electron chi connectivity index (χ3n) is 7.38. The van der Waals surface area contributed by atoms with Crippen molar-refractivity contribution < 1.29 is 4.74 Å². The molecule has 25 heavy (non-hydrogen) atoms. The van der Waals surface area contributed by atoms with Gasteiger partial charge in [0.2, 0.25) is 0 Å². The predicted molar refractivity (Wildman–Crippen MR) is 104 cm³/mol. The van der Waals surface area contributed by atoms with Gasteiger partial charge in [0.1, 0.15) is 5.75 Å². The molecule has 2 bridgehead atoms. The third-order valence-corrected chi connectivity index (χ3v) is 7.38. The molecule has 3 saturated carbocycles. The molecule has 1 aromatic carbocycles. The van der Waals surface area contributed by atoms with Crippen LogP contribution in [0.1, 0.15) is 70.8 Å². The first-order valence-corrected chi connectivity index (χ1v) is 10.5. The second kappa shape index (κ2) is 6.61. The first-order chi connectivity index (χ1) is 12.1. The monoisotopic (exact) mass is 341 g/mol. The zero-order valence-electron chi connectivity index (χ0n) is 16.4. The molecule has 1 aromatic rings. The lowest BCUT2D eigenvalue weighted by Gasteiger charge is -2.48. The summed E-state index contributed by atoms with van der Waals surface area (Å²) in [6.07, 6.45) is 11.4. The lowest BCUT2D eigenvalue weighted by atomic mass is 9.71. The van der Waals surface area contributed by atoms with Gasteiger partial charge >= 0.3 is 0 Å². The maximum absolute atomic E-state index is 5.34. The van der Waals surface area contributed by atoms with Crippen molar-refractivity contribution in [3.8, 4) is 5.75 Å². The molecule has 2 heteroatoms. The number of benzene rings is 1. The number of unbranched alkanes of at least 4 members (excludes halogenated alkanes) is 2. The summed E-state index contributed by atoms with van der Waals surface area (Å²) in [7, 11) is 1.75. The fraction of sp³-hybridized carbons (Fsp3) is 0.739. The van der Waals surface area contributed by atoms with Crippen molar-refractivity contribution >= 4 is 0 Å². The Balaban J connectivity index is 1.53. The number of rotatable bonds is 8. The topological polar surface area (TPSA) is 12.5 Å². The molecule has 0 aliphatic heterocycles. The van der Waals surface area contributed by atoms with Gasteiger partial charge in [0.05, 0.1) is 7.11 Å². The van der Waals surface area contributed by atoms with Gasteiger partial charge in [-0.3, -0.25) is 4.90 Å². The van der Waals surface area contributed by atoms with E-state index in [0.29, 0.717) is 5.54 Å². The molecule has 2 nitrogen and oxygen atoms in total. The largest absolute Gasteiger partial charge is 0.497 e. The van der Waals surface area contributed by atoms with Crippen LogP contribution in [0.4, 0.5) is 0 Å². The van der Waals surface area contributed by atoms with E-state index >= 15 is 0 Å². The molecule has 0 radical (unpaired) electrons. The molecule has 4 rings (SSSR count). The number of hydrogen-bond acceptors (Lipinski definition) is 2. The molecule has 0 amide bonds. The van der Waals surface area contributed by atoms with Crippen molar-refractivity contribution in [3.63, 3.8) is 0 Å². The standard InChI is InChI=1S/C23H35NO/c1-4-5-6-11-24(16-19-7-9-21(25-3)10-8-19)23-13-18(2)12-22(17-23)14-20(22)15-23/h7-10,18,20H,4-6,11-17H2,1-3H3. The second-order valence-corrected chi connectivity index (χ2v) is 9.36. The molecular formula is C23H35NO. The van der Waals surface area contributed by atoms with Gasteiger partial charge in [-0.2, -0.15) is 0 Å². The lowest BCUT2D eigenvalue weighted by molar-refractivity contribution is 0.0176. The second-order valence-electron chi connectivity index (χ2n) is 9.36. The maximum atomic E-state index is 5.34. The molecule has 3 aliphatic rings. The summed E-state index contributed by atoms with van der Waals surface area (Å²) in [5.74, 6) is 2.92. The number of ether oxygens (including phenoxy) is 1. The molecule has 0 aromatic heterocycles.